The lowest BCUT2D eigenvalue weighted by Crippen LogP contribution is -2.23. The van der Waals surface area contributed by atoms with E-state index in [0.29, 0.717) is 19.8 Å². The first kappa shape index (κ1) is 30.1. The van der Waals surface area contributed by atoms with Gasteiger partial charge in [0.15, 0.2) is 0 Å². The number of unbranched alkanes of at least 4 members (excludes halogenated alkanes) is 9. The second-order valence-electron chi connectivity index (χ2n) is 8.09. The van der Waals surface area contributed by atoms with Crippen LogP contribution < -0.4 is 0 Å². The van der Waals surface area contributed by atoms with Gasteiger partial charge in [0, 0.05) is 0 Å². The molecule has 0 aromatic carbocycles. The van der Waals surface area contributed by atoms with Crippen LogP contribution in [0.5, 0.6) is 0 Å². The van der Waals surface area contributed by atoms with Crippen LogP contribution in [0.15, 0.2) is 36.5 Å². The minimum absolute atomic E-state index is 0.500. The summed E-state index contributed by atoms with van der Waals surface area (Å²) in [4.78, 5) is 0. The normalized spacial score (nSPS) is 12.4. The molecule has 0 unspecified atom stereocenters. The third-order valence-electron chi connectivity index (χ3n) is 5.01. The van der Waals surface area contributed by atoms with Gasteiger partial charge in [-0.3, -0.25) is 0 Å². The highest BCUT2D eigenvalue weighted by atomic mass is 16.8. The molecule has 0 amide bonds. The van der Waals surface area contributed by atoms with Crippen LogP contribution in [-0.2, 0) is 14.2 Å². The lowest BCUT2D eigenvalue weighted by atomic mass is 10.2. The van der Waals surface area contributed by atoms with E-state index in [9.17, 15) is 0 Å². The fourth-order valence-electron chi connectivity index (χ4n) is 3.16. The van der Waals surface area contributed by atoms with Crippen LogP contribution in [0, 0.1) is 0 Å². The van der Waals surface area contributed by atoms with Crippen LogP contribution in [0.4, 0.5) is 0 Å². The van der Waals surface area contributed by atoms with Crippen LogP contribution in [0.2, 0.25) is 0 Å². The van der Waals surface area contributed by atoms with Crippen molar-refractivity contribution >= 4 is 0 Å². The molecule has 0 radical (unpaired) electrons. The lowest BCUT2D eigenvalue weighted by Gasteiger charge is -2.19. The van der Waals surface area contributed by atoms with Crippen molar-refractivity contribution in [3.05, 3.63) is 36.5 Å². The summed E-state index contributed by atoms with van der Waals surface area (Å²) in [7, 11) is 0. The number of hydrogen-bond donors (Lipinski definition) is 0. The topological polar surface area (TPSA) is 27.7 Å². The second-order valence-corrected chi connectivity index (χ2v) is 8.09. The van der Waals surface area contributed by atoms with Crippen molar-refractivity contribution in [2.24, 2.45) is 0 Å². The molecule has 31 heavy (non-hydrogen) atoms. The van der Waals surface area contributed by atoms with Crippen molar-refractivity contribution in [1.29, 1.82) is 0 Å². The first-order valence-electron chi connectivity index (χ1n) is 13.1. The van der Waals surface area contributed by atoms with Gasteiger partial charge in [-0.05, 0) is 77.0 Å². The number of rotatable bonds is 24. The van der Waals surface area contributed by atoms with Gasteiger partial charge in [0.2, 0.25) is 0 Å². The molecule has 0 rings (SSSR count). The lowest BCUT2D eigenvalue weighted by molar-refractivity contribution is -0.288. The predicted octanol–water partition coefficient (Wildman–Crippen LogP) is 8.90. The van der Waals surface area contributed by atoms with E-state index in [1.807, 2.05) is 0 Å². The largest absolute Gasteiger partial charge is 0.330 e. The molecule has 0 N–H and O–H groups in total. The van der Waals surface area contributed by atoms with E-state index in [4.69, 9.17) is 14.2 Å². The van der Waals surface area contributed by atoms with Crippen molar-refractivity contribution in [3.63, 3.8) is 0 Å². The summed E-state index contributed by atoms with van der Waals surface area (Å²) in [5, 5.41) is 0. The Morgan fingerprint density at radius 1 is 0.419 bits per heavy atom. The van der Waals surface area contributed by atoms with E-state index >= 15 is 0 Å². The Balaban J connectivity index is 3.93. The molecule has 0 bridgehead atoms. The van der Waals surface area contributed by atoms with Crippen molar-refractivity contribution in [2.45, 2.75) is 124 Å². The van der Waals surface area contributed by atoms with Crippen LogP contribution in [-0.4, -0.2) is 26.3 Å². The van der Waals surface area contributed by atoms with Crippen LogP contribution in [0.1, 0.15) is 117 Å². The Kier molecular flexibility index (Phi) is 26.3. The van der Waals surface area contributed by atoms with Gasteiger partial charge in [-0.15, -0.1) is 0 Å². The van der Waals surface area contributed by atoms with E-state index < -0.39 is 6.48 Å². The van der Waals surface area contributed by atoms with Gasteiger partial charge >= 0.3 is 0 Å². The summed E-state index contributed by atoms with van der Waals surface area (Å²) >= 11 is 0. The van der Waals surface area contributed by atoms with E-state index in [0.717, 1.165) is 38.5 Å². The fourth-order valence-corrected chi connectivity index (χ4v) is 3.16. The molecule has 0 aliphatic heterocycles. The zero-order valence-electron chi connectivity index (χ0n) is 21.0. The maximum absolute atomic E-state index is 5.90. The van der Waals surface area contributed by atoms with Crippen molar-refractivity contribution in [2.75, 3.05) is 19.8 Å². The third-order valence-corrected chi connectivity index (χ3v) is 5.01. The van der Waals surface area contributed by atoms with Crippen LogP contribution in [0.25, 0.3) is 0 Å². The second kappa shape index (κ2) is 27.1. The molecule has 3 nitrogen and oxygen atoms in total. The number of hydrogen-bond acceptors (Lipinski definition) is 3. The van der Waals surface area contributed by atoms with E-state index in [-0.39, 0.29) is 0 Å². The van der Waals surface area contributed by atoms with Crippen LogP contribution >= 0.6 is 0 Å². The summed E-state index contributed by atoms with van der Waals surface area (Å²) in [6.45, 7) is 8.18. The Hall–Kier alpha value is -0.900. The average Bonchev–Trinajstić information content (AvgIpc) is 2.78. The smallest absolute Gasteiger partial charge is 0.271 e. The SMILES string of the molecule is CC/C=C\CCCCCOC(OCCCCC/C=C\CC)OCCCCC/C=C\CC. The summed E-state index contributed by atoms with van der Waals surface area (Å²) < 4.78 is 17.7. The van der Waals surface area contributed by atoms with E-state index in [1.165, 1.54) is 57.8 Å². The average molecular weight is 437 g/mol. The standard InChI is InChI=1S/C28H52O3/c1-4-7-10-13-16-19-22-25-29-28(30-26-23-20-17-14-11-8-5-2)31-27-24-21-18-15-12-9-6-3/h7-12,28H,4-6,13-27H2,1-3H3/b10-7-,11-8-,12-9-. The van der Waals surface area contributed by atoms with E-state index in [2.05, 4.69) is 57.2 Å². The van der Waals surface area contributed by atoms with Gasteiger partial charge in [0.05, 0.1) is 19.8 Å². The zero-order chi connectivity index (χ0) is 22.7. The summed E-state index contributed by atoms with van der Waals surface area (Å²) in [6.07, 6.45) is 30.9. The van der Waals surface area contributed by atoms with Gasteiger partial charge in [0.1, 0.15) is 0 Å². The first-order valence-corrected chi connectivity index (χ1v) is 13.1. The Morgan fingerprint density at radius 3 is 1.03 bits per heavy atom. The molecule has 0 heterocycles. The molecular weight excluding hydrogens is 384 g/mol. The fraction of sp³-hybridized carbons (Fsp3) is 0.786. The highest BCUT2D eigenvalue weighted by Gasteiger charge is 2.09. The maximum Gasteiger partial charge on any atom is 0.271 e. The molecule has 182 valence electrons. The predicted molar refractivity (Wildman–Crippen MR) is 135 cm³/mol. The third kappa shape index (κ3) is 25.2. The molecule has 0 aromatic heterocycles. The summed E-state index contributed by atoms with van der Waals surface area (Å²) in [5.41, 5.74) is 0. The quantitative estimate of drug-likeness (QED) is 0.0858. The Morgan fingerprint density at radius 2 is 0.742 bits per heavy atom. The highest BCUT2D eigenvalue weighted by molar-refractivity contribution is 4.80. The molecular formula is C28H52O3. The van der Waals surface area contributed by atoms with Gasteiger partial charge in [-0.1, -0.05) is 76.5 Å². The van der Waals surface area contributed by atoms with Gasteiger partial charge in [0.25, 0.3) is 6.48 Å². The monoisotopic (exact) mass is 436 g/mol. The molecule has 0 atom stereocenters. The Labute approximate surface area is 194 Å². The van der Waals surface area contributed by atoms with E-state index in [1.54, 1.807) is 0 Å². The van der Waals surface area contributed by atoms with Crippen molar-refractivity contribution < 1.29 is 14.2 Å². The molecule has 0 saturated heterocycles. The summed E-state index contributed by atoms with van der Waals surface area (Å²) in [6, 6.07) is 0. The van der Waals surface area contributed by atoms with Crippen molar-refractivity contribution in [1.82, 2.24) is 0 Å². The number of ether oxygens (including phenoxy) is 3. The molecule has 0 saturated carbocycles. The summed E-state index contributed by atoms with van der Waals surface area (Å²) in [5.74, 6) is 0. The maximum atomic E-state index is 5.90. The number of allylic oxidation sites excluding steroid dienone is 6. The minimum atomic E-state index is -0.500. The van der Waals surface area contributed by atoms with Gasteiger partial charge in [-0.2, -0.15) is 0 Å². The van der Waals surface area contributed by atoms with Gasteiger partial charge < -0.3 is 14.2 Å². The first-order chi connectivity index (χ1) is 15.3. The molecule has 0 fully saturated rings. The molecule has 0 aliphatic carbocycles. The van der Waals surface area contributed by atoms with Crippen LogP contribution in [0.3, 0.4) is 0 Å². The zero-order valence-corrected chi connectivity index (χ0v) is 21.0. The minimum Gasteiger partial charge on any atom is -0.330 e. The molecule has 0 spiro atoms. The van der Waals surface area contributed by atoms with Gasteiger partial charge in [-0.25, -0.2) is 0 Å². The molecule has 3 heteroatoms. The molecule has 0 aliphatic rings. The Bertz CT molecular complexity index is 353. The molecule has 0 aromatic rings. The van der Waals surface area contributed by atoms with Crippen molar-refractivity contribution in [3.8, 4) is 0 Å². The highest BCUT2D eigenvalue weighted by Crippen LogP contribution is 2.09.